The van der Waals surface area contributed by atoms with Gasteiger partial charge in [-0.05, 0) is 37.8 Å². The number of carbonyl (C=O) groups is 1. The molecule has 1 aliphatic heterocycles. The van der Waals surface area contributed by atoms with Gasteiger partial charge in [0, 0.05) is 36.7 Å². The number of anilines is 2. The van der Waals surface area contributed by atoms with E-state index in [-0.39, 0.29) is 6.03 Å². The van der Waals surface area contributed by atoms with Crippen LogP contribution in [0.5, 0.6) is 0 Å². The van der Waals surface area contributed by atoms with E-state index in [0.717, 1.165) is 44.2 Å². The SMILES string of the molecule is O=C(Nc1nc2c(s1)CCCCC2)N1CCN(c2ccccc2)CC1. The molecule has 1 aromatic heterocycles. The molecule has 2 amide bonds. The number of nitrogens with one attached hydrogen (secondary N) is 1. The van der Waals surface area contributed by atoms with Crippen LogP contribution in [0.4, 0.5) is 15.6 Å². The third kappa shape index (κ3) is 3.79. The first-order valence-corrected chi connectivity index (χ1v) is 9.96. The molecule has 5 nitrogen and oxygen atoms in total. The number of amides is 2. The Morgan fingerprint density at radius 1 is 1.00 bits per heavy atom. The van der Waals surface area contributed by atoms with Crippen LogP contribution in [-0.4, -0.2) is 42.1 Å². The van der Waals surface area contributed by atoms with Crippen LogP contribution in [0.15, 0.2) is 30.3 Å². The Morgan fingerprint density at radius 2 is 1.76 bits per heavy atom. The first-order chi connectivity index (χ1) is 12.3. The summed E-state index contributed by atoms with van der Waals surface area (Å²) in [5, 5.41) is 3.79. The largest absolute Gasteiger partial charge is 0.368 e. The topological polar surface area (TPSA) is 48.5 Å². The maximum absolute atomic E-state index is 12.6. The van der Waals surface area contributed by atoms with Crippen LogP contribution >= 0.6 is 11.3 Å². The number of rotatable bonds is 2. The molecule has 0 saturated carbocycles. The predicted molar refractivity (Wildman–Crippen MR) is 103 cm³/mol. The number of aromatic nitrogens is 1. The second-order valence-corrected chi connectivity index (χ2v) is 7.77. The number of urea groups is 1. The van der Waals surface area contributed by atoms with Crippen molar-refractivity contribution >= 4 is 28.2 Å². The molecule has 0 radical (unpaired) electrons. The summed E-state index contributed by atoms with van der Waals surface area (Å²) in [7, 11) is 0. The van der Waals surface area contributed by atoms with Gasteiger partial charge in [0.2, 0.25) is 0 Å². The molecule has 0 unspecified atom stereocenters. The van der Waals surface area contributed by atoms with Gasteiger partial charge in [-0.2, -0.15) is 0 Å². The van der Waals surface area contributed by atoms with Gasteiger partial charge in [0.15, 0.2) is 5.13 Å². The van der Waals surface area contributed by atoms with Crippen molar-refractivity contribution in [2.75, 3.05) is 36.4 Å². The lowest BCUT2D eigenvalue weighted by Crippen LogP contribution is -2.50. The zero-order chi connectivity index (χ0) is 17.1. The number of fused-ring (bicyclic) bond motifs is 1. The van der Waals surface area contributed by atoms with E-state index in [2.05, 4.69) is 39.5 Å². The third-order valence-corrected chi connectivity index (χ3v) is 6.07. The highest BCUT2D eigenvalue weighted by molar-refractivity contribution is 7.15. The van der Waals surface area contributed by atoms with Crippen LogP contribution < -0.4 is 10.2 Å². The maximum Gasteiger partial charge on any atom is 0.323 e. The number of hydrogen-bond donors (Lipinski definition) is 1. The van der Waals surface area contributed by atoms with Crippen molar-refractivity contribution in [3.8, 4) is 0 Å². The molecule has 2 aromatic rings. The lowest BCUT2D eigenvalue weighted by Gasteiger charge is -2.35. The van der Waals surface area contributed by atoms with E-state index in [1.807, 2.05) is 11.0 Å². The molecule has 1 aromatic carbocycles. The standard InChI is InChI=1S/C19H24N4OS/c24-19(21-18-20-16-9-5-2-6-10-17(16)25-18)23-13-11-22(12-14-23)15-7-3-1-4-8-15/h1,3-4,7-8H,2,5-6,9-14H2,(H,20,21,24). The highest BCUT2D eigenvalue weighted by atomic mass is 32.1. The summed E-state index contributed by atoms with van der Waals surface area (Å²) in [6.07, 6.45) is 5.90. The number of benzene rings is 1. The smallest absolute Gasteiger partial charge is 0.323 e. The van der Waals surface area contributed by atoms with Crippen molar-refractivity contribution in [3.05, 3.63) is 40.9 Å². The van der Waals surface area contributed by atoms with Crippen LogP contribution in [0.2, 0.25) is 0 Å². The minimum Gasteiger partial charge on any atom is -0.368 e. The zero-order valence-electron chi connectivity index (χ0n) is 14.4. The minimum absolute atomic E-state index is 0.0170. The van der Waals surface area contributed by atoms with Crippen molar-refractivity contribution in [2.45, 2.75) is 32.1 Å². The quantitative estimate of drug-likeness (QED) is 0.834. The Bertz CT molecular complexity index is 699. The van der Waals surface area contributed by atoms with Gasteiger partial charge < -0.3 is 9.80 Å². The average molecular weight is 356 g/mol. The van der Waals surface area contributed by atoms with Crippen LogP contribution in [-0.2, 0) is 12.8 Å². The highest BCUT2D eigenvalue weighted by Gasteiger charge is 2.23. The summed E-state index contributed by atoms with van der Waals surface area (Å²) in [5.74, 6) is 0. The summed E-state index contributed by atoms with van der Waals surface area (Å²) >= 11 is 1.66. The summed E-state index contributed by atoms with van der Waals surface area (Å²) in [5.41, 5.74) is 2.43. The molecular formula is C19H24N4OS. The molecule has 1 aliphatic carbocycles. The molecule has 2 heterocycles. The molecule has 0 atom stereocenters. The molecular weight excluding hydrogens is 332 g/mol. The van der Waals surface area contributed by atoms with E-state index in [1.165, 1.54) is 35.5 Å². The van der Waals surface area contributed by atoms with Crippen LogP contribution in [0.3, 0.4) is 0 Å². The summed E-state index contributed by atoms with van der Waals surface area (Å²) in [6, 6.07) is 10.4. The van der Waals surface area contributed by atoms with E-state index in [4.69, 9.17) is 0 Å². The second kappa shape index (κ2) is 7.44. The third-order valence-electron chi connectivity index (χ3n) is 5.00. The van der Waals surface area contributed by atoms with Crippen molar-refractivity contribution in [3.63, 3.8) is 0 Å². The fraction of sp³-hybridized carbons (Fsp3) is 0.474. The molecule has 1 fully saturated rings. The molecule has 0 spiro atoms. The number of piperazine rings is 1. The Hall–Kier alpha value is -2.08. The molecule has 132 valence electrons. The Kier molecular flexibility index (Phi) is 4.88. The lowest BCUT2D eigenvalue weighted by atomic mass is 10.2. The van der Waals surface area contributed by atoms with Crippen LogP contribution in [0, 0.1) is 0 Å². The van der Waals surface area contributed by atoms with E-state index in [9.17, 15) is 4.79 Å². The molecule has 0 bridgehead atoms. The van der Waals surface area contributed by atoms with Gasteiger partial charge in [-0.25, -0.2) is 9.78 Å². The van der Waals surface area contributed by atoms with Gasteiger partial charge in [-0.3, -0.25) is 5.32 Å². The fourth-order valence-electron chi connectivity index (χ4n) is 3.56. The van der Waals surface area contributed by atoms with Crippen molar-refractivity contribution < 1.29 is 4.79 Å². The molecule has 1 N–H and O–H groups in total. The summed E-state index contributed by atoms with van der Waals surface area (Å²) < 4.78 is 0. The zero-order valence-corrected chi connectivity index (χ0v) is 15.2. The second-order valence-electron chi connectivity index (χ2n) is 6.69. The summed E-state index contributed by atoms with van der Waals surface area (Å²) in [6.45, 7) is 3.22. The molecule has 6 heteroatoms. The van der Waals surface area contributed by atoms with Gasteiger partial charge in [-0.1, -0.05) is 24.6 Å². The van der Waals surface area contributed by atoms with E-state index in [0.29, 0.717) is 0 Å². The van der Waals surface area contributed by atoms with Crippen LogP contribution in [0.25, 0.3) is 0 Å². The van der Waals surface area contributed by atoms with Gasteiger partial charge in [0.1, 0.15) is 0 Å². The van der Waals surface area contributed by atoms with Crippen molar-refractivity contribution in [2.24, 2.45) is 0 Å². The van der Waals surface area contributed by atoms with E-state index >= 15 is 0 Å². The Labute approximate surface area is 152 Å². The molecule has 4 rings (SSSR count). The summed E-state index contributed by atoms with van der Waals surface area (Å²) in [4.78, 5) is 22.8. The van der Waals surface area contributed by atoms with E-state index in [1.54, 1.807) is 11.3 Å². The van der Waals surface area contributed by atoms with Crippen molar-refractivity contribution in [1.82, 2.24) is 9.88 Å². The number of hydrogen-bond acceptors (Lipinski definition) is 4. The monoisotopic (exact) mass is 356 g/mol. The Morgan fingerprint density at radius 3 is 2.56 bits per heavy atom. The lowest BCUT2D eigenvalue weighted by molar-refractivity contribution is 0.208. The van der Waals surface area contributed by atoms with Crippen LogP contribution in [0.1, 0.15) is 29.8 Å². The molecule has 1 saturated heterocycles. The van der Waals surface area contributed by atoms with Gasteiger partial charge in [-0.15, -0.1) is 11.3 Å². The van der Waals surface area contributed by atoms with Gasteiger partial charge >= 0.3 is 6.03 Å². The fourth-order valence-corrected chi connectivity index (χ4v) is 4.60. The molecule has 2 aliphatic rings. The predicted octanol–water partition coefficient (Wildman–Crippen LogP) is 3.77. The van der Waals surface area contributed by atoms with Crippen molar-refractivity contribution in [1.29, 1.82) is 0 Å². The van der Waals surface area contributed by atoms with Gasteiger partial charge in [0.05, 0.1) is 5.69 Å². The molecule has 25 heavy (non-hydrogen) atoms. The first kappa shape index (κ1) is 16.4. The number of thiazole rings is 1. The number of aryl methyl sites for hydroxylation is 2. The highest BCUT2D eigenvalue weighted by Crippen LogP contribution is 2.29. The maximum atomic E-state index is 12.6. The number of carbonyl (C=O) groups excluding carboxylic acids is 1. The van der Waals surface area contributed by atoms with E-state index < -0.39 is 0 Å². The number of para-hydroxylation sites is 1. The average Bonchev–Trinajstić information content (AvgIpc) is 2.90. The van der Waals surface area contributed by atoms with Gasteiger partial charge in [0.25, 0.3) is 0 Å². The number of nitrogens with zero attached hydrogens (tertiary/aromatic N) is 3. The minimum atomic E-state index is -0.0170. The first-order valence-electron chi connectivity index (χ1n) is 9.14. The Balaban J connectivity index is 1.33. The normalized spacial score (nSPS) is 17.8.